The van der Waals surface area contributed by atoms with Crippen molar-refractivity contribution in [1.82, 2.24) is 0 Å². The Balaban J connectivity index is 4.54. The van der Waals surface area contributed by atoms with Crippen LogP contribution in [0.2, 0.25) is 0 Å². The molecule has 88 valence electrons. The van der Waals surface area contributed by atoms with E-state index in [0.717, 1.165) is 6.08 Å². The summed E-state index contributed by atoms with van der Waals surface area (Å²) in [7, 11) is -3.16. The number of allylic oxidation sites excluding steroid dienone is 1. The molecular formula is C9H17O5P. The maximum Gasteiger partial charge on any atom is 0.334 e. The quantitative estimate of drug-likeness (QED) is 0.542. The molecule has 5 nitrogen and oxygen atoms in total. The van der Waals surface area contributed by atoms with E-state index in [9.17, 15) is 9.36 Å². The molecule has 0 aromatic heterocycles. The minimum atomic E-state index is -3.16. The van der Waals surface area contributed by atoms with Crippen LogP contribution in [0.15, 0.2) is 11.6 Å². The molecule has 0 spiro atoms. The van der Waals surface area contributed by atoms with Crippen LogP contribution in [0.5, 0.6) is 0 Å². The van der Waals surface area contributed by atoms with Crippen LogP contribution < -0.4 is 0 Å². The Hall–Kier alpha value is -0.640. The molecule has 0 amide bonds. The monoisotopic (exact) mass is 236 g/mol. The second-order valence-electron chi connectivity index (χ2n) is 2.93. The zero-order chi connectivity index (χ0) is 11.9. The van der Waals surface area contributed by atoms with Gasteiger partial charge in [-0.3, -0.25) is 4.57 Å². The standard InChI is InChI=1S/C9H17O5P/c1-4-13-15(12,14-5-2)7-8(3)6-9(10)11/h6H,4-5,7H2,1-3H3,(H,10,11)/b8-6+. The Kier molecular flexibility index (Phi) is 6.48. The van der Waals surface area contributed by atoms with Gasteiger partial charge in [0.1, 0.15) is 0 Å². The molecule has 0 aliphatic heterocycles. The highest BCUT2D eigenvalue weighted by molar-refractivity contribution is 7.54. The fourth-order valence-electron chi connectivity index (χ4n) is 1.08. The first kappa shape index (κ1) is 14.4. The van der Waals surface area contributed by atoms with E-state index in [1.54, 1.807) is 20.8 Å². The SMILES string of the molecule is CCOP(=O)(C/C(C)=C/C(=O)O)OCC. The summed E-state index contributed by atoms with van der Waals surface area (Å²) >= 11 is 0. The van der Waals surface area contributed by atoms with Gasteiger partial charge in [-0.2, -0.15) is 0 Å². The molecule has 0 heterocycles. The number of rotatable bonds is 7. The smallest absolute Gasteiger partial charge is 0.334 e. The van der Waals surface area contributed by atoms with Crippen LogP contribution in [0.25, 0.3) is 0 Å². The van der Waals surface area contributed by atoms with Crippen LogP contribution in [0, 0.1) is 0 Å². The highest BCUT2D eigenvalue weighted by Gasteiger charge is 2.23. The van der Waals surface area contributed by atoms with Gasteiger partial charge in [0.05, 0.1) is 19.4 Å². The molecule has 0 fully saturated rings. The summed E-state index contributed by atoms with van der Waals surface area (Å²) in [6.45, 7) is 5.55. The summed E-state index contributed by atoms with van der Waals surface area (Å²) in [6.07, 6.45) is 1.02. The van der Waals surface area contributed by atoms with Crippen LogP contribution in [-0.2, 0) is 18.4 Å². The Morgan fingerprint density at radius 2 is 1.80 bits per heavy atom. The van der Waals surface area contributed by atoms with Crippen LogP contribution in [0.1, 0.15) is 20.8 Å². The van der Waals surface area contributed by atoms with Crippen LogP contribution >= 0.6 is 7.60 Å². The molecule has 0 saturated carbocycles. The predicted molar refractivity (Wildman–Crippen MR) is 57.1 cm³/mol. The maximum atomic E-state index is 11.9. The molecule has 0 bridgehead atoms. The average Bonchev–Trinajstić information content (AvgIpc) is 2.01. The van der Waals surface area contributed by atoms with E-state index in [4.69, 9.17) is 14.2 Å². The minimum Gasteiger partial charge on any atom is -0.478 e. The summed E-state index contributed by atoms with van der Waals surface area (Å²) in [5.74, 6) is -1.06. The van der Waals surface area contributed by atoms with Gasteiger partial charge in [-0.05, 0) is 20.8 Å². The van der Waals surface area contributed by atoms with Gasteiger partial charge < -0.3 is 14.2 Å². The summed E-state index contributed by atoms with van der Waals surface area (Å²) in [5.41, 5.74) is 0.465. The molecule has 0 aromatic carbocycles. The van der Waals surface area contributed by atoms with Gasteiger partial charge >= 0.3 is 13.6 Å². The van der Waals surface area contributed by atoms with Gasteiger partial charge in [-0.15, -0.1) is 0 Å². The van der Waals surface area contributed by atoms with Crippen molar-refractivity contribution in [2.75, 3.05) is 19.4 Å². The number of carbonyl (C=O) groups is 1. The second kappa shape index (κ2) is 6.77. The number of hydrogen-bond donors (Lipinski definition) is 1. The van der Waals surface area contributed by atoms with Crippen molar-refractivity contribution < 1.29 is 23.5 Å². The molecule has 1 N–H and O–H groups in total. The number of aliphatic carboxylic acids is 1. The molecule has 0 saturated heterocycles. The second-order valence-corrected chi connectivity index (χ2v) is 4.99. The lowest BCUT2D eigenvalue weighted by Gasteiger charge is -2.16. The van der Waals surface area contributed by atoms with E-state index in [1.165, 1.54) is 0 Å². The number of hydrogen-bond acceptors (Lipinski definition) is 4. The highest BCUT2D eigenvalue weighted by Crippen LogP contribution is 2.49. The molecule has 0 aliphatic carbocycles. The zero-order valence-electron chi connectivity index (χ0n) is 9.23. The average molecular weight is 236 g/mol. The van der Waals surface area contributed by atoms with E-state index in [1.807, 2.05) is 0 Å². The van der Waals surface area contributed by atoms with Crippen molar-refractivity contribution in [2.24, 2.45) is 0 Å². The van der Waals surface area contributed by atoms with E-state index in [2.05, 4.69) is 0 Å². The van der Waals surface area contributed by atoms with Gasteiger partial charge in [0, 0.05) is 6.08 Å². The van der Waals surface area contributed by atoms with Crippen molar-refractivity contribution in [3.05, 3.63) is 11.6 Å². The highest BCUT2D eigenvalue weighted by atomic mass is 31.2. The van der Waals surface area contributed by atoms with Crippen LogP contribution in [-0.4, -0.2) is 30.5 Å². The van der Waals surface area contributed by atoms with E-state index in [-0.39, 0.29) is 19.4 Å². The summed E-state index contributed by atoms with van der Waals surface area (Å²) in [6, 6.07) is 0. The molecule has 0 unspecified atom stereocenters. The number of carboxylic acid groups (broad SMARTS) is 1. The maximum absolute atomic E-state index is 11.9. The van der Waals surface area contributed by atoms with E-state index >= 15 is 0 Å². The van der Waals surface area contributed by atoms with Crippen molar-refractivity contribution in [3.63, 3.8) is 0 Å². The normalized spacial score (nSPS) is 12.9. The minimum absolute atomic E-state index is 0.0149. The molecule has 0 atom stereocenters. The lowest BCUT2D eigenvalue weighted by atomic mass is 10.3. The molecule has 0 aliphatic rings. The first-order valence-corrected chi connectivity index (χ1v) is 6.44. The predicted octanol–water partition coefficient (Wildman–Crippen LogP) is 2.28. The van der Waals surface area contributed by atoms with Crippen molar-refractivity contribution in [2.45, 2.75) is 20.8 Å². The van der Waals surface area contributed by atoms with Gasteiger partial charge in [-0.25, -0.2) is 4.79 Å². The Morgan fingerprint density at radius 3 is 2.13 bits per heavy atom. The Labute approximate surface area is 89.6 Å². The van der Waals surface area contributed by atoms with Gasteiger partial charge in [-0.1, -0.05) is 5.57 Å². The van der Waals surface area contributed by atoms with Crippen LogP contribution in [0.3, 0.4) is 0 Å². The van der Waals surface area contributed by atoms with Crippen molar-refractivity contribution in [1.29, 1.82) is 0 Å². The fraction of sp³-hybridized carbons (Fsp3) is 0.667. The molecule has 6 heteroatoms. The third kappa shape index (κ3) is 6.44. The first-order chi connectivity index (χ1) is 6.93. The Morgan fingerprint density at radius 1 is 1.33 bits per heavy atom. The fourth-order valence-corrected chi connectivity index (χ4v) is 2.83. The Bertz CT molecular complexity index is 274. The summed E-state index contributed by atoms with van der Waals surface area (Å²) in [4.78, 5) is 10.4. The summed E-state index contributed by atoms with van der Waals surface area (Å²) < 4.78 is 22.0. The molecule has 0 radical (unpaired) electrons. The first-order valence-electron chi connectivity index (χ1n) is 4.71. The summed E-state index contributed by atoms with van der Waals surface area (Å²) in [5, 5.41) is 8.49. The zero-order valence-corrected chi connectivity index (χ0v) is 10.1. The third-order valence-corrected chi connectivity index (χ3v) is 3.65. The van der Waals surface area contributed by atoms with Gasteiger partial charge in [0.2, 0.25) is 0 Å². The lowest BCUT2D eigenvalue weighted by Crippen LogP contribution is -2.02. The third-order valence-electron chi connectivity index (χ3n) is 1.46. The molecular weight excluding hydrogens is 219 g/mol. The van der Waals surface area contributed by atoms with E-state index < -0.39 is 13.6 Å². The van der Waals surface area contributed by atoms with E-state index in [0.29, 0.717) is 5.57 Å². The van der Waals surface area contributed by atoms with Crippen LogP contribution in [0.4, 0.5) is 0 Å². The lowest BCUT2D eigenvalue weighted by molar-refractivity contribution is -0.131. The molecule has 0 aromatic rings. The van der Waals surface area contributed by atoms with Gasteiger partial charge in [0.25, 0.3) is 0 Å². The molecule has 15 heavy (non-hydrogen) atoms. The van der Waals surface area contributed by atoms with Gasteiger partial charge in [0.15, 0.2) is 0 Å². The topological polar surface area (TPSA) is 72.8 Å². The number of carboxylic acids is 1. The molecule has 0 rings (SSSR count). The largest absolute Gasteiger partial charge is 0.478 e. The van der Waals surface area contributed by atoms with Crippen molar-refractivity contribution >= 4 is 13.6 Å². The van der Waals surface area contributed by atoms with Crippen molar-refractivity contribution in [3.8, 4) is 0 Å².